The van der Waals surface area contributed by atoms with Gasteiger partial charge in [0.1, 0.15) is 10.7 Å². The van der Waals surface area contributed by atoms with E-state index in [-0.39, 0.29) is 11.1 Å². The molecule has 1 saturated heterocycles. The average molecular weight is 433 g/mol. The minimum Gasteiger partial charge on any atom is -0.379 e. The van der Waals surface area contributed by atoms with Crippen molar-refractivity contribution < 1.29 is 9.53 Å². The predicted molar refractivity (Wildman–Crippen MR) is 115 cm³/mol. The van der Waals surface area contributed by atoms with Crippen LogP contribution in [0.4, 0.5) is 0 Å². The predicted octanol–water partition coefficient (Wildman–Crippen LogP) is 0.333. The third-order valence-electron chi connectivity index (χ3n) is 4.57. The number of aromatic nitrogens is 1. The molecule has 0 aromatic carbocycles. The Labute approximate surface area is 177 Å². The first-order valence-corrected chi connectivity index (χ1v) is 11.4. The number of thiazole rings is 1. The summed E-state index contributed by atoms with van der Waals surface area (Å²) in [4.78, 5) is 27.7. The Hall–Kier alpha value is -2.25. The maximum atomic E-state index is 12.8. The van der Waals surface area contributed by atoms with E-state index in [1.807, 2.05) is 35.9 Å². The normalized spacial score (nSPS) is 16.5. The monoisotopic (exact) mass is 432 g/mol. The largest absolute Gasteiger partial charge is 0.379 e. The molecule has 1 N–H and O–H groups in total. The molecule has 2 aromatic heterocycles. The number of nitrogens with one attached hydrogen (secondary N) is 1. The van der Waals surface area contributed by atoms with Crippen molar-refractivity contribution in [3.63, 3.8) is 0 Å². The summed E-state index contributed by atoms with van der Waals surface area (Å²) in [6.45, 7) is 6.66. The van der Waals surface area contributed by atoms with Gasteiger partial charge in [-0.15, -0.1) is 11.3 Å². The fourth-order valence-electron chi connectivity index (χ4n) is 3.08. The molecule has 1 amide bonds. The van der Waals surface area contributed by atoms with Crippen LogP contribution in [-0.2, 0) is 16.1 Å². The van der Waals surface area contributed by atoms with Crippen LogP contribution in [0.1, 0.15) is 18.9 Å². The van der Waals surface area contributed by atoms with Crippen LogP contribution in [0.3, 0.4) is 0 Å². The van der Waals surface area contributed by atoms with Gasteiger partial charge in [-0.05, 0) is 34.9 Å². The number of hydrogen-bond donors (Lipinski definition) is 1. The second kappa shape index (κ2) is 10.5. The number of nitrogens with zero attached hydrogens (tertiary/aromatic N) is 3. The zero-order chi connectivity index (χ0) is 20.6. The van der Waals surface area contributed by atoms with E-state index < -0.39 is 5.91 Å². The third kappa shape index (κ3) is 5.42. The molecular weight excluding hydrogens is 408 g/mol. The summed E-state index contributed by atoms with van der Waals surface area (Å²) in [5.74, 6) is -0.436. The van der Waals surface area contributed by atoms with Gasteiger partial charge >= 0.3 is 0 Å². The van der Waals surface area contributed by atoms with E-state index in [0.717, 1.165) is 25.1 Å². The van der Waals surface area contributed by atoms with E-state index in [0.29, 0.717) is 42.0 Å². The smallest absolute Gasteiger partial charge is 0.269 e. The Kier molecular flexibility index (Phi) is 7.77. The molecule has 2 aromatic rings. The fourth-order valence-corrected chi connectivity index (χ4v) is 4.82. The lowest BCUT2D eigenvalue weighted by Crippen LogP contribution is -2.42. The summed E-state index contributed by atoms with van der Waals surface area (Å²) in [7, 11) is 0. The highest BCUT2D eigenvalue weighted by Crippen LogP contribution is 2.06. The Morgan fingerprint density at radius 2 is 2.17 bits per heavy atom. The van der Waals surface area contributed by atoms with Crippen molar-refractivity contribution in [3.8, 4) is 6.07 Å². The summed E-state index contributed by atoms with van der Waals surface area (Å²) in [6.07, 6.45) is 2.55. The average Bonchev–Trinajstić information content (AvgIpc) is 3.34. The SMILES string of the molecule is CCCn1c(=O)/c(=C/c2ccsc2)s/c1=C(/C#N)C(=O)NCCN1CCOCC1. The molecule has 0 unspecified atom stereocenters. The molecule has 0 atom stereocenters. The summed E-state index contributed by atoms with van der Waals surface area (Å²) in [5, 5.41) is 16.4. The highest BCUT2D eigenvalue weighted by atomic mass is 32.1. The molecule has 1 fully saturated rings. The lowest BCUT2D eigenvalue weighted by atomic mass is 10.3. The molecule has 0 spiro atoms. The topological polar surface area (TPSA) is 87.4 Å². The van der Waals surface area contributed by atoms with E-state index in [1.54, 1.807) is 15.9 Å². The van der Waals surface area contributed by atoms with Crippen LogP contribution in [0.2, 0.25) is 0 Å². The zero-order valence-electron chi connectivity index (χ0n) is 16.3. The third-order valence-corrected chi connectivity index (χ3v) is 6.40. The minimum atomic E-state index is -0.436. The molecule has 3 heterocycles. The Bertz CT molecular complexity index is 1040. The Morgan fingerprint density at radius 3 is 2.83 bits per heavy atom. The van der Waals surface area contributed by atoms with Gasteiger partial charge in [-0.2, -0.15) is 16.6 Å². The standard InChI is InChI=1S/C20H24N4O3S2/c1-2-5-24-19(26)17(12-15-3-11-28-14-15)29-20(24)16(13-21)18(25)22-4-6-23-7-9-27-10-8-23/h3,11-12,14H,2,4-10H2,1H3,(H,22,25)/b17-12-,20-16-. The van der Waals surface area contributed by atoms with Crippen LogP contribution in [0.25, 0.3) is 11.6 Å². The number of amides is 1. The molecule has 0 radical (unpaired) electrons. The Morgan fingerprint density at radius 1 is 1.38 bits per heavy atom. The number of thiophene rings is 1. The van der Waals surface area contributed by atoms with Gasteiger partial charge in [0.15, 0.2) is 5.57 Å². The Balaban J connectivity index is 1.88. The maximum absolute atomic E-state index is 12.8. The van der Waals surface area contributed by atoms with Gasteiger partial charge in [-0.25, -0.2) is 0 Å². The van der Waals surface area contributed by atoms with Crippen molar-refractivity contribution in [1.29, 1.82) is 5.26 Å². The quantitative estimate of drug-likeness (QED) is 0.682. The van der Waals surface area contributed by atoms with E-state index >= 15 is 0 Å². The van der Waals surface area contributed by atoms with Crippen molar-refractivity contribution in [2.45, 2.75) is 19.9 Å². The van der Waals surface area contributed by atoms with Gasteiger partial charge in [0, 0.05) is 32.7 Å². The van der Waals surface area contributed by atoms with Gasteiger partial charge in [-0.1, -0.05) is 6.92 Å². The van der Waals surface area contributed by atoms with Crippen molar-refractivity contribution in [2.75, 3.05) is 39.4 Å². The van der Waals surface area contributed by atoms with Crippen molar-refractivity contribution in [1.82, 2.24) is 14.8 Å². The number of ether oxygens (including phenoxy) is 1. The second-order valence-electron chi connectivity index (χ2n) is 6.63. The molecule has 29 heavy (non-hydrogen) atoms. The van der Waals surface area contributed by atoms with E-state index in [2.05, 4.69) is 10.2 Å². The van der Waals surface area contributed by atoms with E-state index in [9.17, 15) is 14.9 Å². The lowest BCUT2D eigenvalue weighted by molar-refractivity contribution is -0.115. The molecule has 9 heteroatoms. The molecule has 0 saturated carbocycles. The molecule has 0 aliphatic carbocycles. The first-order chi connectivity index (χ1) is 14.1. The van der Waals surface area contributed by atoms with Crippen LogP contribution in [0.5, 0.6) is 0 Å². The lowest BCUT2D eigenvalue weighted by Gasteiger charge is -2.26. The van der Waals surface area contributed by atoms with Crippen LogP contribution < -0.4 is 20.1 Å². The highest BCUT2D eigenvalue weighted by Gasteiger charge is 2.16. The number of carbonyl (C=O) groups is 1. The maximum Gasteiger partial charge on any atom is 0.269 e. The van der Waals surface area contributed by atoms with E-state index in [1.165, 1.54) is 11.3 Å². The summed E-state index contributed by atoms with van der Waals surface area (Å²) in [6, 6.07) is 3.95. The van der Waals surface area contributed by atoms with Gasteiger partial charge in [0.25, 0.3) is 11.5 Å². The van der Waals surface area contributed by atoms with Crippen LogP contribution in [0.15, 0.2) is 21.6 Å². The first kappa shape index (κ1) is 21.5. The number of nitriles is 1. The zero-order valence-corrected chi connectivity index (χ0v) is 18.0. The summed E-state index contributed by atoms with van der Waals surface area (Å²) >= 11 is 2.75. The molecule has 1 aliphatic rings. The van der Waals surface area contributed by atoms with Crippen molar-refractivity contribution >= 4 is 40.2 Å². The van der Waals surface area contributed by atoms with Gasteiger partial charge < -0.3 is 10.1 Å². The van der Waals surface area contributed by atoms with Crippen molar-refractivity contribution in [2.24, 2.45) is 0 Å². The second-order valence-corrected chi connectivity index (χ2v) is 8.44. The van der Waals surface area contributed by atoms with Crippen molar-refractivity contribution in [3.05, 3.63) is 41.9 Å². The number of hydrogen-bond acceptors (Lipinski definition) is 7. The summed E-state index contributed by atoms with van der Waals surface area (Å²) < 4.78 is 7.81. The van der Waals surface area contributed by atoms with Gasteiger partial charge in [-0.3, -0.25) is 19.1 Å². The van der Waals surface area contributed by atoms with Gasteiger partial charge in [0.05, 0.1) is 17.7 Å². The number of carbonyl (C=O) groups excluding carboxylic acids is 1. The summed E-state index contributed by atoms with van der Waals surface area (Å²) in [5.41, 5.74) is 0.774. The molecule has 3 rings (SSSR count). The minimum absolute atomic E-state index is 0.00695. The molecule has 0 bridgehead atoms. The van der Waals surface area contributed by atoms with Crippen LogP contribution >= 0.6 is 22.7 Å². The number of morpholine rings is 1. The highest BCUT2D eigenvalue weighted by molar-refractivity contribution is 7.08. The fraction of sp³-hybridized carbons (Fsp3) is 0.450. The molecular formula is C20H24N4O3S2. The van der Waals surface area contributed by atoms with Crippen LogP contribution in [0, 0.1) is 11.3 Å². The first-order valence-electron chi connectivity index (χ1n) is 9.60. The van der Waals surface area contributed by atoms with Crippen LogP contribution in [-0.4, -0.2) is 54.8 Å². The van der Waals surface area contributed by atoms with Gasteiger partial charge in [0.2, 0.25) is 0 Å². The van der Waals surface area contributed by atoms with E-state index in [4.69, 9.17) is 4.74 Å². The number of rotatable bonds is 7. The molecule has 154 valence electrons. The molecule has 7 nitrogen and oxygen atoms in total. The molecule has 1 aliphatic heterocycles.